The lowest BCUT2D eigenvalue weighted by atomic mass is 10.2. The highest BCUT2D eigenvalue weighted by Gasteiger charge is 2.00. The van der Waals surface area contributed by atoms with E-state index in [0.717, 1.165) is 10.0 Å². The van der Waals surface area contributed by atoms with Crippen molar-refractivity contribution < 1.29 is 9.13 Å². The van der Waals surface area contributed by atoms with Gasteiger partial charge in [0.15, 0.2) is 0 Å². The van der Waals surface area contributed by atoms with Crippen molar-refractivity contribution in [2.24, 2.45) is 0 Å². The van der Waals surface area contributed by atoms with E-state index in [9.17, 15) is 4.39 Å². The van der Waals surface area contributed by atoms with Gasteiger partial charge in [0, 0.05) is 22.3 Å². The van der Waals surface area contributed by atoms with E-state index >= 15 is 0 Å². The van der Waals surface area contributed by atoms with E-state index in [1.807, 2.05) is 24.3 Å². The van der Waals surface area contributed by atoms with Crippen molar-refractivity contribution in [3.8, 4) is 5.75 Å². The summed E-state index contributed by atoms with van der Waals surface area (Å²) in [6.45, 7) is 0.377. The van der Waals surface area contributed by atoms with Gasteiger partial charge in [0.25, 0.3) is 0 Å². The summed E-state index contributed by atoms with van der Waals surface area (Å²) in [7, 11) is 0. The summed E-state index contributed by atoms with van der Waals surface area (Å²) in [4.78, 5) is 0. The third-order valence-corrected chi connectivity index (χ3v) is 2.68. The van der Waals surface area contributed by atoms with Crippen molar-refractivity contribution in [3.63, 3.8) is 0 Å². The molecule has 0 atom stereocenters. The van der Waals surface area contributed by atoms with Gasteiger partial charge >= 0.3 is 0 Å². The van der Waals surface area contributed by atoms with Crippen LogP contribution in [0.4, 0.5) is 10.1 Å². The number of halogens is 2. The third-order valence-electron chi connectivity index (χ3n) is 2.19. The molecule has 0 heterocycles. The maximum atomic E-state index is 13.1. The molecule has 4 heteroatoms. The summed E-state index contributed by atoms with van der Waals surface area (Å²) in [5.74, 6) is 0.0386. The van der Waals surface area contributed by atoms with Crippen LogP contribution in [0.3, 0.4) is 0 Å². The lowest BCUT2D eigenvalue weighted by Gasteiger charge is -2.07. The number of benzene rings is 2. The van der Waals surface area contributed by atoms with Gasteiger partial charge in [-0.3, -0.25) is 0 Å². The minimum absolute atomic E-state index is 0.356. The van der Waals surface area contributed by atoms with Crippen molar-refractivity contribution in [2.45, 2.75) is 6.61 Å². The normalized spacial score (nSPS) is 10.2. The Balaban J connectivity index is 2.07. The average molecular weight is 296 g/mol. The number of hydrogen-bond donors (Lipinski definition) is 1. The van der Waals surface area contributed by atoms with Crippen LogP contribution in [-0.2, 0) is 6.61 Å². The molecule has 0 unspecified atom stereocenters. The molecule has 2 rings (SSSR count). The first-order valence-corrected chi connectivity index (χ1v) is 5.86. The van der Waals surface area contributed by atoms with Gasteiger partial charge in [-0.15, -0.1) is 0 Å². The van der Waals surface area contributed by atoms with Crippen LogP contribution in [0, 0.1) is 5.82 Å². The molecular weight excluding hydrogens is 285 g/mol. The summed E-state index contributed by atoms with van der Waals surface area (Å²) in [6.07, 6.45) is 0. The fraction of sp³-hybridized carbons (Fsp3) is 0.0769. The van der Waals surface area contributed by atoms with Crippen LogP contribution in [0.25, 0.3) is 0 Å². The molecule has 88 valence electrons. The molecule has 2 N–H and O–H groups in total. The molecule has 0 bridgehead atoms. The number of rotatable bonds is 3. The molecule has 0 radical (unpaired) electrons. The van der Waals surface area contributed by atoms with Gasteiger partial charge in [0.1, 0.15) is 18.2 Å². The van der Waals surface area contributed by atoms with Crippen LogP contribution in [0.2, 0.25) is 0 Å². The Labute approximate surface area is 107 Å². The zero-order valence-electron chi connectivity index (χ0n) is 8.99. The summed E-state index contributed by atoms with van der Waals surface area (Å²) in [6, 6.07) is 11.9. The van der Waals surface area contributed by atoms with Crippen molar-refractivity contribution >= 4 is 21.6 Å². The highest BCUT2D eigenvalue weighted by atomic mass is 79.9. The molecule has 0 aliphatic heterocycles. The zero-order chi connectivity index (χ0) is 12.3. The first kappa shape index (κ1) is 11.9. The van der Waals surface area contributed by atoms with Crippen LogP contribution < -0.4 is 10.5 Å². The fourth-order valence-corrected chi connectivity index (χ4v) is 1.91. The van der Waals surface area contributed by atoms with Crippen LogP contribution in [0.1, 0.15) is 5.56 Å². The van der Waals surface area contributed by atoms with Gasteiger partial charge in [-0.05, 0) is 23.8 Å². The van der Waals surface area contributed by atoms with E-state index < -0.39 is 5.82 Å². The van der Waals surface area contributed by atoms with E-state index in [2.05, 4.69) is 15.9 Å². The first-order chi connectivity index (χ1) is 8.13. The molecule has 0 saturated heterocycles. The second kappa shape index (κ2) is 5.19. The van der Waals surface area contributed by atoms with Crippen molar-refractivity contribution in [1.82, 2.24) is 0 Å². The smallest absolute Gasteiger partial charge is 0.128 e. The van der Waals surface area contributed by atoms with Gasteiger partial charge in [-0.2, -0.15) is 0 Å². The van der Waals surface area contributed by atoms with Crippen LogP contribution in [0.15, 0.2) is 46.9 Å². The zero-order valence-corrected chi connectivity index (χ0v) is 10.6. The van der Waals surface area contributed by atoms with E-state index in [1.165, 1.54) is 12.1 Å². The fourth-order valence-electron chi connectivity index (χ4n) is 1.46. The van der Waals surface area contributed by atoms with Crippen LogP contribution >= 0.6 is 15.9 Å². The third kappa shape index (κ3) is 3.46. The molecule has 2 nitrogen and oxygen atoms in total. The molecule has 0 saturated carbocycles. The lowest BCUT2D eigenvalue weighted by molar-refractivity contribution is 0.305. The minimum atomic E-state index is -0.394. The number of nitrogens with two attached hydrogens (primary N) is 1. The van der Waals surface area contributed by atoms with E-state index in [4.69, 9.17) is 10.5 Å². The summed E-state index contributed by atoms with van der Waals surface area (Å²) in [5, 5.41) is 0. The maximum Gasteiger partial charge on any atom is 0.128 e. The van der Waals surface area contributed by atoms with E-state index in [0.29, 0.717) is 18.0 Å². The molecule has 17 heavy (non-hydrogen) atoms. The summed E-state index contributed by atoms with van der Waals surface area (Å²) >= 11 is 3.38. The Hall–Kier alpha value is -1.55. The molecule has 0 spiro atoms. The monoisotopic (exact) mass is 295 g/mol. The van der Waals surface area contributed by atoms with Crippen LogP contribution in [-0.4, -0.2) is 0 Å². The predicted octanol–water partition coefficient (Wildman–Crippen LogP) is 3.75. The first-order valence-electron chi connectivity index (χ1n) is 5.07. The van der Waals surface area contributed by atoms with Gasteiger partial charge in [-0.25, -0.2) is 4.39 Å². The quantitative estimate of drug-likeness (QED) is 0.875. The standard InChI is InChI=1S/C13H11BrFNO/c14-10-3-1-2-9(4-10)8-17-13-6-11(15)5-12(16)7-13/h1-7H,8,16H2. The molecule has 2 aromatic rings. The Morgan fingerprint density at radius 3 is 2.71 bits per heavy atom. The maximum absolute atomic E-state index is 13.1. The largest absolute Gasteiger partial charge is 0.489 e. The van der Waals surface area contributed by atoms with Crippen LogP contribution in [0.5, 0.6) is 5.75 Å². The summed E-state index contributed by atoms with van der Waals surface area (Å²) in [5.41, 5.74) is 6.88. The Morgan fingerprint density at radius 2 is 2.00 bits per heavy atom. The topological polar surface area (TPSA) is 35.2 Å². The molecule has 0 fully saturated rings. The van der Waals surface area contributed by atoms with Gasteiger partial charge in [0.2, 0.25) is 0 Å². The Bertz CT molecular complexity index is 510. The highest BCUT2D eigenvalue weighted by Crippen LogP contribution is 2.19. The number of hydrogen-bond acceptors (Lipinski definition) is 2. The molecule has 0 amide bonds. The number of ether oxygens (including phenoxy) is 1. The Morgan fingerprint density at radius 1 is 1.18 bits per heavy atom. The number of anilines is 1. The molecule has 2 aromatic carbocycles. The molecule has 0 aliphatic rings. The SMILES string of the molecule is Nc1cc(F)cc(OCc2cccc(Br)c2)c1. The Kier molecular flexibility index (Phi) is 3.64. The van der Waals surface area contributed by atoms with Crippen molar-refractivity contribution in [2.75, 3.05) is 5.73 Å². The van der Waals surface area contributed by atoms with Gasteiger partial charge < -0.3 is 10.5 Å². The predicted molar refractivity (Wildman–Crippen MR) is 69.3 cm³/mol. The summed E-state index contributed by atoms with van der Waals surface area (Å²) < 4.78 is 19.5. The van der Waals surface area contributed by atoms with Gasteiger partial charge in [0.05, 0.1) is 0 Å². The van der Waals surface area contributed by atoms with Crippen molar-refractivity contribution in [1.29, 1.82) is 0 Å². The average Bonchev–Trinajstić information content (AvgIpc) is 2.25. The lowest BCUT2D eigenvalue weighted by Crippen LogP contribution is -1.97. The molecule has 0 aliphatic carbocycles. The second-order valence-corrected chi connectivity index (χ2v) is 4.55. The molecular formula is C13H11BrFNO. The number of nitrogen functional groups attached to an aromatic ring is 1. The second-order valence-electron chi connectivity index (χ2n) is 3.64. The minimum Gasteiger partial charge on any atom is -0.489 e. The van der Waals surface area contributed by atoms with Gasteiger partial charge in [-0.1, -0.05) is 28.1 Å². The van der Waals surface area contributed by atoms with E-state index in [1.54, 1.807) is 6.07 Å². The van der Waals surface area contributed by atoms with Crippen molar-refractivity contribution in [3.05, 3.63) is 58.3 Å². The highest BCUT2D eigenvalue weighted by molar-refractivity contribution is 9.10. The molecule has 0 aromatic heterocycles. The van der Waals surface area contributed by atoms with E-state index in [-0.39, 0.29) is 0 Å².